The van der Waals surface area contributed by atoms with Crippen LogP contribution in [0.25, 0.3) is 0 Å². The Balaban J connectivity index is 0. The lowest BCUT2D eigenvalue weighted by Crippen LogP contribution is -1.98. The van der Waals surface area contributed by atoms with E-state index in [9.17, 15) is 0 Å². The molecule has 0 saturated heterocycles. The molecule has 0 unspecified atom stereocenters. The lowest BCUT2D eigenvalue weighted by Gasteiger charge is -1.80. The van der Waals surface area contributed by atoms with Crippen molar-refractivity contribution in [2.24, 2.45) is 0 Å². The van der Waals surface area contributed by atoms with Gasteiger partial charge in [-0.05, 0) is 0 Å². The van der Waals surface area contributed by atoms with Crippen LogP contribution in [0.5, 0.6) is 0 Å². The Kier molecular flexibility index (Phi) is 9.03. The van der Waals surface area contributed by atoms with E-state index in [0.717, 1.165) is 0 Å². The standard InChI is InChI=1S/2CH4O3/c2*2-1(3)4/h2*1-4H. The lowest BCUT2D eigenvalue weighted by molar-refractivity contribution is -0.199. The number of hydrogen-bond donors (Lipinski definition) is 6. The quantitative estimate of drug-likeness (QED) is 0.188. The molecule has 0 fully saturated rings. The van der Waals surface area contributed by atoms with E-state index in [2.05, 4.69) is 0 Å². The predicted octanol–water partition coefficient (Wildman–Crippen LogP) is -3.51. The van der Waals surface area contributed by atoms with Crippen molar-refractivity contribution in [2.75, 3.05) is 0 Å². The average molecular weight is 128 g/mol. The van der Waals surface area contributed by atoms with Gasteiger partial charge in [0.2, 0.25) is 0 Å². The summed E-state index contributed by atoms with van der Waals surface area (Å²) in [7, 11) is 0. The first-order chi connectivity index (χ1) is 3.46. The molecule has 0 heterocycles. The molecule has 0 aromatic heterocycles. The molecule has 6 N–H and O–H groups in total. The largest absolute Gasteiger partial charge is 0.346 e. The molecule has 0 atom stereocenters. The summed E-state index contributed by atoms with van der Waals surface area (Å²) >= 11 is 0. The van der Waals surface area contributed by atoms with Crippen LogP contribution in [0.2, 0.25) is 0 Å². The Hall–Kier alpha value is -0.240. The topological polar surface area (TPSA) is 121 Å². The number of hydrogen-bond acceptors (Lipinski definition) is 6. The molecule has 0 spiro atoms. The van der Waals surface area contributed by atoms with E-state index in [1.165, 1.54) is 0 Å². The van der Waals surface area contributed by atoms with E-state index in [1.54, 1.807) is 0 Å². The third-order valence-corrected chi connectivity index (χ3v) is 0. The smallest absolute Gasteiger partial charge is 0.263 e. The Bertz CT molecular complexity index is 22.0. The third-order valence-electron chi connectivity index (χ3n) is 0. The van der Waals surface area contributed by atoms with Crippen molar-refractivity contribution in [1.82, 2.24) is 0 Å². The molecule has 0 aliphatic carbocycles. The van der Waals surface area contributed by atoms with Crippen LogP contribution in [0, 0.1) is 0 Å². The molecule has 0 rings (SSSR count). The summed E-state index contributed by atoms with van der Waals surface area (Å²) < 4.78 is 0. The minimum absolute atomic E-state index is 2.17. The molecular weight excluding hydrogens is 120 g/mol. The second-order valence-corrected chi connectivity index (χ2v) is 0.693. The maximum Gasteiger partial charge on any atom is 0.263 e. The number of aliphatic hydroxyl groups excluding tert-OH is 2. The van der Waals surface area contributed by atoms with Crippen LogP contribution in [0.1, 0.15) is 0 Å². The molecule has 0 aromatic carbocycles. The van der Waals surface area contributed by atoms with E-state index in [4.69, 9.17) is 30.6 Å². The van der Waals surface area contributed by atoms with Crippen molar-refractivity contribution in [3.05, 3.63) is 0 Å². The molecule has 0 bridgehead atoms. The van der Waals surface area contributed by atoms with E-state index in [0.29, 0.717) is 0 Å². The van der Waals surface area contributed by atoms with Crippen LogP contribution in [0.15, 0.2) is 0 Å². The average Bonchev–Trinajstić information content (AvgIpc) is 1.25. The first-order valence-electron chi connectivity index (χ1n) is 1.55. The Morgan fingerprint density at radius 3 is 0.500 bits per heavy atom. The normalized spacial score (nSPS) is 9.00. The molecule has 0 aromatic rings. The van der Waals surface area contributed by atoms with Gasteiger partial charge in [0, 0.05) is 0 Å². The minimum Gasteiger partial charge on any atom is -0.346 e. The highest BCUT2D eigenvalue weighted by atomic mass is 16.7. The Labute approximate surface area is 44.9 Å². The molecule has 6 heteroatoms. The Morgan fingerprint density at radius 1 is 0.500 bits per heavy atom. The van der Waals surface area contributed by atoms with Crippen LogP contribution in [0.3, 0.4) is 0 Å². The summed E-state index contributed by atoms with van der Waals surface area (Å²) in [5.74, 6) is 0. The van der Waals surface area contributed by atoms with Gasteiger partial charge in [-0.1, -0.05) is 0 Å². The molecular formula is C2H8O6. The van der Waals surface area contributed by atoms with Crippen molar-refractivity contribution in [1.29, 1.82) is 0 Å². The van der Waals surface area contributed by atoms with Crippen molar-refractivity contribution in [3.63, 3.8) is 0 Å². The van der Waals surface area contributed by atoms with E-state index >= 15 is 0 Å². The van der Waals surface area contributed by atoms with Gasteiger partial charge in [-0.2, -0.15) is 0 Å². The number of aliphatic hydroxyl groups is 6. The van der Waals surface area contributed by atoms with Crippen LogP contribution >= 0.6 is 0 Å². The van der Waals surface area contributed by atoms with Crippen LogP contribution in [-0.2, 0) is 0 Å². The van der Waals surface area contributed by atoms with Gasteiger partial charge in [0.05, 0.1) is 0 Å². The Morgan fingerprint density at radius 2 is 0.500 bits per heavy atom. The highest BCUT2D eigenvalue weighted by Gasteiger charge is 1.72. The van der Waals surface area contributed by atoms with E-state index in [-0.39, 0.29) is 0 Å². The molecule has 52 valence electrons. The molecule has 0 saturated carbocycles. The zero-order valence-corrected chi connectivity index (χ0v) is 3.84. The summed E-state index contributed by atoms with van der Waals surface area (Å²) in [4.78, 5) is 0. The van der Waals surface area contributed by atoms with Gasteiger partial charge in [-0.15, -0.1) is 0 Å². The molecule has 0 amide bonds. The van der Waals surface area contributed by atoms with Gasteiger partial charge in [0.1, 0.15) is 0 Å². The van der Waals surface area contributed by atoms with Gasteiger partial charge in [-0.3, -0.25) is 0 Å². The third kappa shape index (κ3) is 2270. The van der Waals surface area contributed by atoms with Gasteiger partial charge in [-0.25, -0.2) is 0 Å². The minimum atomic E-state index is -2.17. The van der Waals surface area contributed by atoms with Crippen molar-refractivity contribution in [2.45, 2.75) is 13.0 Å². The van der Waals surface area contributed by atoms with Crippen LogP contribution < -0.4 is 0 Å². The summed E-state index contributed by atoms with van der Waals surface area (Å²) in [5.41, 5.74) is 0. The van der Waals surface area contributed by atoms with Crippen molar-refractivity contribution >= 4 is 0 Å². The molecule has 0 aliphatic heterocycles. The lowest BCUT2D eigenvalue weighted by atomic mass is 11.4. The number of rotatable bonds is 0. The molecule has 8 heavy (non-hydrogen) atoms. The second-order valence-electron chi connectivity index (χ2n) is 0.693. The predicted molar refractivity (Wildman–Crippen MR) is 20.9 cm³/mol. The van der Waals surface area contributed by atoms with Gasteiger partial charge in [0.15, 0.2) is 0 Å². The molecule has 6 nitrogen and oxygen atoms in total. The second kappa shape index (κ2) is 6.76. The SMILES string of the molecule is OC(O)O.OC(O)O. The van der Waals surface area contributed by atoms with E-state index in [1.807, 2.05) is 0 Å². The molecule has 0 radical (unpaired) electrons. The summed E-state index contributed by atoms with van der Waals surface area (Å²) in [6.07, 6.45) is 0. The van der Waals surface area contributed by atoms with Crippen molar-refractivity contribution < 1.29 is 30.6 Å². The fourth-order valence-corrected chi connectivity index (χ4v) is 0. The first kappa shape index (κ1) is 10.7. The fraction of sp³-hybridized carbons (Fsp3) is 1.00. The maximum atomic E-state index is 7.17. The van der Waals surface area contributed by atoms with Crippen LogP contribution in [-0.4, -0.2) is 43.6 Å². The highest BCUT2D eigenvalue weighted by molar-refractivity contribution is 3.76. The maximum absolute atomic E-state index is 7.17. The summed E-state index contributed by atoms with van der Waals surface area (Å²) in [6, 6.07) is 0. The van der Waals surface area contributed by atoms with Gasteiger partial charge >= 0.3 is 0 Å². The summed E-state index contributed by atoms with van der Waals surface area (Å²) in [5, 5.41) is 43.0. The van der Waals surface area contributed by atoms with Crippen LogP contribution in [0.4, 0.5) is 0 Å². The van der Waals surface area contributed by atoms with Crippen molar-refractivity contribution in [3.8, 4) is 0 Å². The van der Waals surface area contributed by atoms with Gasteiger partial charge in [0.25, 0.3) is 13.0 Å². The summed E-state index contributed by atoms with van der Waals surface area (Å²) in [6.45, 7) is -4.33. The fourth-order valence-electron chi connectivity index (χ4n) is 0. The van der Waals surface area contributed by atoms with E-state index < -0.39 is 13.0 Å². The zero-order chi connectivity index (χ0) is 7.15. The van der Waals surface area contributed by atoms with Gasteiger partial charge < -0.3 is 30.6 Å². The zero-order valence-electron chi connectivity index (χ0n) is 3.84. The molecule has 0 aliphatic rings. The monoisotopic (exact) mass is 128 g/mol. The first-order valence-corrected chi connectivity index (χ1v) is 1.55. The highest BCUT2D eigenvalue weighted by Crippen LogP contribution is 1.49.